The van der Waals surface area contributed by atoms with Crippen LogP contribution >= 0.6 is 0 Å². The first kappa shape index (κ1) is 16.6. The van der Waals surface area contributed by atoms with Crippen LogP contribution in [0.1, 0.15) is 16.7 Å². The molecule has 1 fully saturated rings. The van der Waals surface area contributed by atoms with E-state index in [0.717, 1.165) is 11.1 Å². The molecule has 132 valence electrons. The van der Waals surface area contributed by atoms with Crippen LogP contribution in [0.15, 0.2) is 67.1 Å². The molecule has 3 amide bonds. The van der Waals surface area contributed by atoms with Crippen molar-refractivity contribution in [2.45, 2.75) is 6.54 Å². The molecule has 1 aliphatic rings. The third-order valence-electron chi connectivity index (χ3n) is 4.53. The molecule has 6 heteroatoms. The van der Waals surface area contributed by atoms with Gasteiger partial charge in [0.05, 0.1) is 17.6 Å². The van der Waals surface area contributed by atoms with Crippen LogP contribution < -0.4 is 0 Å². The highest BCUT2D eigenvalue weighted by Crippen LogP contribution is 2.22. The first-order valence-electron chi connectivity index (χ1n) is 8.50. The maximum Gasteiger partial charge on any atom is 0.331 e. The zero-order valence-electron chi connectivity index (χ0n) is 14.4. The van der Waals surface area contributed by atoms with Crippen LogP contribution in [0.25, 0.3) is 11.6 Å². The fourth-order valence-electron chi connectivity index (χ4n) is 3.17. The second kappa shape index (κ2) is 6.81. The van der Waals surface area contributed by atoms with Gasteiger partial charge in [-0.05, 0) is 23.8 Å². The van der Waals surface area contributed by atoms with Crippen LogP contribution in [-0.4, -0.2) is 32.7 Å². The maximum atomic E-state index is 12.6. The van der Waals surface area contributed by atoms with Crippen LogP contribution in [0, 0.1) is 11.3 Å². The van der Waals surface area contributed by atoms with Gasteiger partial charge in [-0.15, -0.1) is 0 Å². The molecule has 0 aliphatic carbocycles. The van der Waals surface area contributed by atoms with Gasteiger partial charge in [-0.2, -0.15) is 5.26 Å². The Morgan fingerprint density at radius 3 is 2.63 bits per heavy atom. The molecular formula is C21H16N4O2. The van der Waals surface area contributed by atoms with Crippen LogP contribution in [0.5, 0.6) is 0 Å². The SMILES string of the molecule is N#Cc1c(CN2C(=O)CN(/C=C/c3ccccc3)C2=O)cn2ccccc12. The first-order chi connectivity index (χ1) is 13.2. The summed E-state index contributed by atoms with van der Waals surface area (Å²) in [7, 11) is 0. The van der Waals surface area contributed by atoms with Gasteiger partial charge in [0.2, 0.25) is 0 Å². The van der Waals surface area contributed by atoms with Crippen molar-refractivity contribution in [2.24, 2.45) is 0 Å². The molecule has 0 radical (unpaired) electrons. The summed E-state index contributed by atoms with van der Waals surface area (Å²) in [5.74, 6) is -0.281. The van der Waals surface area contributed by atoms with E-state index in [9.17, 15) is 14.9 Å². The Morgan fingerprint density at radius 2 is 1.85 bits per heavy atom. The molecule has 27 heavy (non-hydrogen) atoms. The Balaban J connectivity index is 1.57. The Kier molecular flexibility index (Phi) is 4.19. The Bertz CT molecular complexity index is 1090. The second-order valence-corrected chi connectivity index (χ2v) is 6.25. The first-order valence-corrected chi connectivity index (χ1v) is 8.50. The van der Waals surface area contributed by atoms with Crippen molar-refractivity contribution in [3.63, 3.8) is 0 Å². The lowest BCUT2D eigenvalue weighted by Gasteiger charge is -2.13. The smallest absolute Gasteiger partial charge is 0.322 e. The van der Waals surface area contributed by atoms with Gasteiger partial charge in [0.25, 0.3) is 5.91 Å². The van der Waals surface area contributed by atoms with Crippen LogP contribution in [-0.2, 0) is 11.3 Å². The molecule has 6 nitrogen and oxygen atoms in total. The number of nitriles is 1. The molecule has 0 spiro atoms. The normalized spacial score (nSPS) is 14.5. The summed E-state index contributed by atoms with van der Waals surface area (Å²) in [6.07, 6.45) is 7.04. The monoisotopic (exact) mass is 356 g/mol. The van der Waals surface area contributed by atoms with Crippen molar-refractivity contribution in [1.82, 2.24) is 14.2 Å². The van der Waals surface area contributed by atoms with Gasteiger partial charge in [0.15, 0.2) is 0 Å². The Hall–Kier alpha value is -3.85. The van der Waals surface area contributed by atoms with Gasteiger partial charge in [0, 0.05) is 24.2 Å². The van der Waals surface area contributed by atoms with E-state index in [-0.39, 0.29) is 25.0 Å². The summed E-state index contributed by atoms with van der Waals surface area (Å²) in [6.45, 7) is 0.0787. The number of carbonyl (C=O) groups is 2. The zero-order chi connectivity index (χ0) is 18.8. The summed E-state index contributed by atoms with van der Waals surface area (Å²) in [4.78, 5) is 27.6. The lowest BCUT2D eigenvalue weighted by Crippen LogP contribution is -2.30. The predicted octanol–water partition coefficient (Wildman–Crippen LogP) is 3.25. The number of aromatic nitrogens is 1. The van der Waals surface area contributed by atoms with Crippen LogP contribution in [0.4, 0.5) is 4.79 Å². The van der Waals surface area contributed by atoms with Gasteiger partial charge < -0.3 is 4.40 Å². The van der Waals surface area contributed by atoms with E-state index < -0.39 is 0 Å². The predicted molar refractivity (Wildman–Crippen MR) is 100 cm³/mol. The molecule has 0 saturated carbocycles. The molecule has 3 heterocycles. The topological polar surface area (TPSA) is 68.8 Å². The summed E-state index contributed by atoms with van der Waals surface area (Å²) >= 11 is 0. The van der Waals surface area contributed by atoms with Crippen LogP contribution in [0.2, 0.25) is 0 Å². The van der Waals surface area contributed by atoms with E-state index in [2.05, 4.69) is 6.07 Å². The molecule has 0 atom stereocenters. The lowest BCUT2D eigenvalue weighted by atomic mass is 10.1. The van der Waals surface area contributed by atoms with E-state index >= 15 is 0 Å². The van der Waals surface area contributed by atoms with Gasteiger partial charge in [-0.25, -0.2) is 4.79 Å². The summed E-state index contributed by atoms with van der Waals surface area (Å²) < 4.78 is 1.83. The molecule has 0 N–H and O–H groups in total. The number of imide groups is 1. The molecule has 1 aromatic carbocycles. The third kappa shape index (κ3) is 3.07. The van der Waals surface area contributed by atoms with Crippen LogP contribution in [0.3, 0.4) is 0 Å². The van der Waals surface area contributed by atoms with E-state index in [1.165, 1.54) is 9.80 Å². The van der Waals surface area contributed by atoms with Crippen molar-refractivity contribution in [2.75, 3.05) is 6.54 Å². The average Bonchev–Trinajstić information content (AvgIpc) is 3.18. The fraction of sp³-hybridized carbons (Fsp3) is 0.0952. The number of fused-ring (bicyclic) bond motifs is 1. The minimum atomic E-state index is -0.383. The Morgan fingerprint density at radius 1 is 1.07 bits per heavy atom. The number of rotatable bonds is 4. The minimum Gasteiger partial charge on any atom is -0.322 e. The number of hydrogen-bond donors (Lipinski definition) is 0. The summed E-state index contributed by atoms with van der Waals surface area (Å²) in [5, 5.41) is 9.50. The largest absolute Gasteiger partial charge is 0.331 e. The van der Waals surface area contributed by atoms with Crippen molar-refractivity contribution in [3.05, 3.63) is 83.8 Å². The minimum absolute atomic E-state index is 0.00255. The number of urea groups is 1. The van der Waals surface area contributed by atoms with Crippen molar-refractivity contribution >= 4 is 23.5 Å². The van der Waals surface area contributed by atoms with Gasteiger partial charge in [0.1, 0.15) is 12.6 Å². The van der Waals surface area contributed by atoms with E-state index in [1.54, 1.807) is 18.5 Å². The van der Waals surface area contributed by atoms with Crippen molar-refractivity contribution < 1.29 is 9.59 Å². The Labute approximate surface area is 156 Å². The van der Waals surface area contributed by atoms with E-state index in [1.807, 2.05) is 59.1 Å². The molecule has 1 aliphatic heterocycles. The molecule has 2 aromatic heterocycles. The molecule has 3 aromatic rings. The standard InChI is InChI=1S/C21H16N4O2/c22-12-18-17(13-23-10-5-4-8-19(18)23)14-25-20(26)15-24(21(25)27)11-9-16-6-2-1-3-7-16/h1-11,13H,14-15H2/b11-9+. The highest BCUT2D eigenvalue weighted by molar-refractivity contribution is 6.02. The van der Waals surface area contributed by atoms with E-state index in [4.69, 9.17) is 0 Å². The molecule has 0 unspecified atom stereocenters. The molecule has 4 rings (SSSR count). The highest BCUT2D eigenvalue weighted by Gasteiger charge is 2.35. The van der Waals surface area contributed by atoms with Crippen molar-refractivity contribution in [1.29, 1.82) is 5.26 Å². The maximum absolute atomic E-state index is 12.6. The fourth-order valence-corrected chi connectivity index (χ4v) is 3.17. The number of benzene rings is 1. The molecule has 0 bridgehead atoms. The third-order valence-corrected chi connectivity index (χ3v) is 4.53. The van der Waals surface area contributed by atoms with Gasteiger partial charge in [-0.1, -0.05) is 36.4 Å². The quantitative estimate of drug-likeness (QED) is 0.674. The van der Waals surface area contributed by atoms with E-state index in [0.29, 0.717) is 11.1 Å². The van der Waals surface area contributed by atoms with Crippen molar-refractivity contribution in [3.8, 4) is 6.07 Å². The summed E-state index contributed by atoms with van der Waals surface area (Å²) in [5.41, 5.74) is 2.84. The highest BCUT2D eigenvalue weighted by atomic mass is 16.2. The number of nitrogens with zero attached hydrogens (tertiary/aromatic N) is 4. The number of carbonyl (C=O) groups excluding carboxylic acids is 2. The lowest BCUT2D eigenvalue weighted by molar-refractivity contribution is -0.125. The number of amides is 3. The van der Waals surface area contributed by atoms with Gasteiger partial charge in [-0.3, -0.25) is 14.6 Å². The second-order valence-electron chi connectivity index (χ2n) is 6.25. The molecular weight excluding hydrogens is 340 g/mol. The summed E-state index contributed by atoms with van der Waals surface area (Å²) in [6, 6.07) is 16.9. The molecule has 1 saturated heterocycles. The number of pyridine rings is 1. The van der Waals surface area contributed by atoms with Gasteiger partial charge >= 0.3 is 6.03 Å². The zero-order valence-corrected chi connectivity index (χ0v) is 14.4. The average molecular weight is 356 g/mol. The number of hydrogen-bond acceptors (Lipinski definition) is 3.